The second-order valence-electron chi connectivity index (χ2n) is 4.33. The Morgan fingerprint density at radius 2 is 2.21 bits per heavy atom. The maximum absolute atomic E-state index is 11.4. The average molecular weight is 291 g/mol. The molecule has 0 spiro atoms. The van der Waals surface area contributed by atoms with E-state index in [4.69, 9.17) is 0 Å². The van der Waals surface area contributed by atoms with Gasteiger partial charge in [-0.1, -0.05) is 0 Å². The summed E-state index contributed by atoms with van der Waals surface area (Å²) in [7, 11) is -1.58. The Morgan fingerprint density at radius 3 is 2.74 bits per heavy atom. The van der Waals surface area contributed by atoms with E-state index in [1.807, 2.05) is 6.92 Å². The van der Waals surface area contributed by atoms with Crippen LogP contribution >= 0.6 is 0 Å². The third kappa shape index (κ3) is 5.91. The van der Waals surface area contributed by atoms with Crippen LogP contribution in [0, 0.1) is 0 Å². The van der Waals surface area contributed by atoms with Gasteiger partial charge in [0.2, 0.25) is 0 Å². The van der Waals surface area contributed by atoms with Crippen LogP contribution < -0.4 is 10.6 Å². The zero-order chi connectivity index (χ0) is 14.3. The summed E-state index contributed by atoms with van der Waals surface area (Å²) in [6, 6.07) is -0.110. The number of guanidine groups is 1. The van der Waals surface area contributed by atoms with Gasteiger partial charge in [0.25, 0.3) is 0 Å². The van der Waals surface area contributed by atoms with Crippen LogP contribution in [0.1, 0.15) is 19.8 Å². The van der Waals surface area contributed by atoms with E-state index in [1.54, 1.807) is 0 Å². The summed E-state index contributed by atoms with van der Waals surface area (Å²) >= 11 is 0. The van der Waals surface area contributed by atoms with Gasteiger partial charge in [0, 0.05) is 12.6 Å². The molecule has 0 amide bonds. The number of ether oxygens (including phenoxy) is 1. The predicted octanol–water partition coefficient (Wildman–Crippen LogP) is -0.708. The highest BCUT2D eigenvalue weighted by molar-refractivity contribution is 7.91. The van der Waals surface area contributed by atoms with E-state index in [1.165, 1.54) is 7.11 Å². The topological polar surface area (TPSA) is 96.9 Å². The molecule has 1 aliphatic rings. The summed E-state index contributed by atoms with van der Waals surface area (Å²) < 4.78 is 27.2. The molecule has 0 saturated carbocycles. The minimum absolute atomic E-state index is 0.110. The summed E-state index contributed by atoms with van der Waals surface area (Å²) in [6.45, 7) is 2.90. The van der Waals surface area contributed by atoms with Crippen molar-refractivity contribution in [3.05, 3.63) is 0 Å². The Balaban J connectivity index is 2.48. The van der Waals surface area contributed by atoms with Gasteiger partial charge >= 0.3 is 5.97 Å². The molecule has 1 aliphatic heterocycles. The summed E-state index contributed by atoms with van der Waals surface area (Å²) in [5.41, 5.74) is 0. The third-order valence-corrected chi connectivity index (χ3v) is 4.50. The smallest absolute Gasteiger partial charge is 0.307 e. The van der Waals surface area contributed by atoms with Crippen LogP contribution in [0.25, 0.3) is 0 Å². The Bertz CT molecular complexity index is 433. The number of aliphatic imine (C=N–C) groups is 1. The maximum Gasteiger partial charge on any atom is 0.307 e. The number of sulfone groups is 1. The van der Waals surface area contributed by atoms with Gasteiger partial charge in [-0.15, -0.1) is 0 Å². The van der Waals surface area contributed by atoms with Crippen LogP contribution in [0.3, 0.4) is 0 Å². The molecular formula is C11H21N3O4S. The number of carbonyl (C=O) groups excluding carboxylic acids is 1. The van der Waals surface area contributed by atoms with Crippen molar-refractivity contribution in [2.45, 2.75) is 25.8 Å². The molecule has 0 bridgehead atoms. The van der Waals surface area contributed by atoms with E-state index >= 15 is 0 Å². The van der Waals surface area contributed by atoms with Gasteiger partial charge in [0.1, 0.15) is 0 Å². The zero-order valence-corrected chi connectivity index (χ0v) is 12.1. The molecule has 0 radical (unpaired) electrons. The van der Waals surface area contributed by atoms with E-state index in [9.17, 15) is 13.2 Å². The molecule has 1 atom stereocenters. The van der Waals surface area contributed by atoms with Gasteiger partial charge in [0.15, 0.2) is 15.8 Å². The second-order valence-corrected chi connectivity index (χ2v) is 6.56. The molecule has 0 aromatic heterocycles. The van der Waals surface area contributed by atoms with E-state index in [0.29, 0.717) is 25.5 Å². The van der Waals surface area contributed by atoms with Crippen LogP contribution in [0.4, 0.5) is 0 Å². The number of esters is 1. The molecule has 2 N–H and O–H groups in total. The fraction of sp³-hybridized carbons (Fsp3) is 0.818. The lowest BCUT2D eigenvalue weighted by Crippen LogP contribution is -2.44. The number of nitrogens with one attached hydrogen (secondary N) is 2. The molecular weight excluding hydrogens is 270 g/mol. The minimum Gasteiger partial charge on any atom is -0.469 e. The molecule has 1 rings (SSSR count). The molecule has 0 aromatic rings. The molecule has 110 valence electrons. The first-order valence-corrected chi connectivity index (χ1v) is 8.11. The number of nitrogens with zero attached hydrogens (tertiary/aromatic N) is 1. The molecule has 0 aromatic carbocycles. The average Bonchev–Trinajstić information content (AvgIpc) is 2.68. The standard InChI is InChI=1S/C11H21N3O4S/c1-3-12-11(13-6-4-10(15)18-2)14-9-5-7-19(16,17)8-9/h9H,3-8H2,1-2H3,(H2,12,13,14). The number of methoxy groups -OCH3 is 1. The zero-order valence-electron chi connectivity index (χ0n) is 11.3. The van der Waals surface area contributed by atoms with Crippen molar-refractivity contribution in [3.63, 3.8) is 0 Å². The van der Waals surface area contributed by atoms with Gasteiger partial charge in [-0.25, -0.2) is 8.42 Å². The largest absolute Gasteiger partial charge is 0.469 e. The molecule has 8 heteroatoms. The molecule has 19 heavy (non-hydrogen) atoms. The Hall–Kier alpha value is -1.31. The second kappa shape index (κ2) is 7.32. The highest BCUT2D eigenvalue weighted by Gasteiger charge is 2.28. The van der Waals surface area contributed by atoms with Gasteiger partial charge in [-0.3, -0.25) is 9.79 Å². The van der Waals surface area contributed by atoms with Crippen LogP contribution in [0.5, 0.6) is 0 Å². The lowest BCUT2D eigenvalue weighted by molar-refractivity contribution is -0.140. The summed E-state index contributed by atoms with van der Waals surface area (Å²) in [5.74, 6) is 0.567. The van der Waals surface area contributed by atoms with Crippen molar-refractivity contribution >= 4 is 21.8 Å². The highest BCUT2D eigenvalue weighted by Crippen LogP contribution is 2.10. The lowest BCUT2D eigenvalue weighted by Gasteiger charge is -2.15. The first kappa shape index (κ1) is 15.7. The highest BCUT2D eigenvalue weighted by atomic mass is 32.2. The number of carbonyl (C=O) groups is 1. The Kier molecular flexibility index (Phi) is 6.07. The number of hydrogen-bond donors (Lipinski definition) is 2. The van der Waals surface area contributed by atoms with Crippen molar-refractivity contribution in [1.82, 2.24) is 10.6 Å². The van der Waals surface area contributed by atoms with E-state index in [-0.39, 0.29) is 29.9 Å². The van der Waals surface area contributed by atoms with Gasteiger partial charge in [-0.2, -0.15) is 0 Å². The van der Waals surface area contributed by atoms with Gasteiger partial charge in [-0.05, 0) is 13.3 Å². The first-order chi connectivity index (χ1) is 8.96. The van der Waals surface area contributed by atoms with Crippen molar-refractivity contribution in [3.8, 4) is 0 Å². The SMILES string of the molecule is CCNC(=NCCC(=O)OC)NC1CCS(=O)(=O)C1. The van der Waals surface area contributed by atoms with Crippen molar-refractivity contribution in [2.75, 3.05) is 31.7 Å². The fourth-order valence-electron chi connectivity index (χ4n) is 1.78. The number of hydrogen-bond acceptors (Lipinski definition) is 5. The van der Waals surface area contributed by atoms with Crippen LogP contribution in [-0.4, -0.2) is 58.1 Å². The van der Waals surface area contributed by atoms with E-state index in [0.717, 1.165) is 0 Å². The first-order valence-electron chi connectivity index (χ1n) is 6.29. The normalized spacial score (nSPS) is 22.0. The summed E-state index contributed by atoms with van der Waals surface area (Å²) in [6.07, 6.45) is 0.791. The minimum atomic E-state index is -2.91. The van der Waals surface area contributed by atoms with E-state index in [2.05, 4.69) is 20.4 Å². The van der Waals surface area contributed by atoms with Crippen LogP contribution in [0.15, 0.2) is 4.99 Å². The quantitative estimate of drug-likeness (QED) is 0.395. The molecule has 1 unspecified atom stereocenters. The van der Waals surface area contributed by atoms with Gasteiger partial charge < -0.3 is 15.4 Å². The Labute approximate surface area is 113 Å². The van der Waals surface area contributed by atoms with Crippen LogP contribution in [0.2, 0.25) is 0 Å². The van der Waals surface area contributed by atoms with Gasteiger partial charge in [0.05, 0.1) is 31.6 Å². The summed E-state index contributed by atoms with van der Waals surface area (Å²) in [4.78, 5) is 15.2. The lowest BCUT2D eigenvalue weighted by atomic mass is 10.3. The molecule has 1 heterocycles. The van der Waals surface area contributed by atoms with E-state index < -0.39 is 9.84 Å². The van der Waals surface area contributed by atoms with Crippen LogP contribution in [-0.2, 0) is 19.4 Å². The van der Waals surface area contributed by atoms with Crippen molar-refractivity contribution in [2.24, 2.45) is 4.99 Å². The number of rotatable bonds is 5. The maximum atomic E-state index is 11.4. The van der Waals surface area contributed by atoms with Crippen molar-refractivity contribution in [1.29, 1.82) is 0 Å². The monoisotopic (exact) mass is 291 g/mol. The molecule has 0 aliphatic carbocycles. The fourth-order valence-corrected chi connectivity index (χ4v) is 3.46. The Morgan fingerprint density at radius 1 is 1.47 bits per heavy atom. The summed E-state index contributed by atoms with van der Waals surface area (Å²) in [5, 5.41) is 6.09. The molecule has 1 fully saturated rings. The van der Waals surface area contributed by atoms with Crippen molar-refractivity contribution < 1.29 is 17.9 Å². The molecule has 7 nitrogen and oxygen atoms in total. The predicted molar refractivity (Wildman–Crippen MR) is 72.8 cm³/mol. The third-order valence-electron chi connectivity index (χ3n) is 2.73. The molecule has 1 saturated heterocycles.